The molecule has 2 aromatic rings. The number of aromatic nitrogens is 1. The van der Waals surface area contributed by atoms with Crippen molar-refractivity contribution in [3.8, 4) is 0 Å². The molecule has 0 aliphatic heterocycles. The van der Waals surface area contributed by atoms with Gasteiger partial charge in [0.15, 0.2) is 5.96 Å². The number of halogens is 1. The maximum atomic E-state index is 11.9. The van der Waals surface area contributed by atoms with Crippen LogP contribution in [0, 0.1) is 6.92 Å². The van der Waals surface area contributed by atoms with Crippen LogP contribution in [0.3, 0.4) is 0 Å². The molecule has 1 aliphatic rings. The van der Waals surface area contributed by atoms with Crippen molar-refractivity contribution in [1.29, 1.82) is 0 Å². The highest BCUT2D eigenvalue weighted by Crippen LogP contribution is 2.48. The molecular formula is C23H31ClN4O. The molecule has 0 spiro atoms. The van der Waals surface area contributed by atoms with Gasteiger partial charge in [0.05, 0.1) is 6.54 Å². The average molecular weight is 415 g/mol. The van der Waals surface area contributed by atoms with E-state index in [-0.39, 0.29) is 11.0 Å². The zero-order chi connectivity index (χ0) is 20.7. The van der Waals surface area contributed by atoms with E-state index in [1.807, 2.05) is 35.8 Å². The highest BCUT2D eigenvalue weighted by Gasteiger charge is 2.44. The van der Waals surface area contributed by atoms with Crippen LogP contribution >= 0.6 is 11.6 Å². The molecule has 156 valence electrons. The fourth-order valence-electron chi connectivity index (χ4n) is 3.59. The first kappa shape index (κ1) is 21.4. The Balaban J connectivity index is 1.49. The van der Waals surface area contributed by atoms with Crippen LogP contribution in [0.4, 0.5) is 0 Å². The van der Waals surface area contributed by atoms with E-state index >= 15 is 0 Å². The van der Waals surface area contributed by atoms with E-state index in [9.17, 15) is 4.79 Å². The van der Waals surface area contributed by atoms with Crippen molar-refractivity contribution in [1.82, 2.24) is 15.2 Å². The van der Waals surface area contributed by atoms with Gasteiger partial charge in [-0.1, -0.05) is 29.8 Å². The van der Waals surface area contributed by atoms with Gasteiger partial charge in [-0.2, -0.15) is 0 Å². The number of aryl methyl sites for hydroxylation is 1. The van der Waals surface area contributed by atoms with Gasteiger partial charge in [-0.25, -0.2) is 0 Å². The van der Waals surface area contributed by atoms with E-state index in [2.05, 4.69) is 29.7 Å². The molecule has 0 bridgehead atoms. The summed E-state index contributed by atoms with van der Waals surface area (Å²) < 4.78 is 1.83. The van der Waals surface area contributed by atoms with Gasteiger partial charge >= 0.3 is 0 Å². The Morgan fingerprint density at radius 2 is 1.97 bits per heavy atom. The third-order valence-corrected chi connectivity index (χ3v) is 5.78. The molecule has 0 atom stereocenters. The number of pyridine rings is 1. The second-order valence-corrected chi connectivity index (χ2v) is 8.21. The van der Waals surface area contributed by atoms with Gasteiger partial charge in [-0.15, -0.1) is 0 Å². The lowest BCUT2D eigenvalue weighted by molar-refractivity contribution is 0.574. The van der Waals surface area contributed by atoms with Crippen molar-refractivity contribution in [3.05, 3.63) is 69.1 Å². The molecule has 1 fully saturated rings. The summed E-state index contributed by atoms with van der Waals surface area (Å²) >= 11 is 6.17. The number of hydrogen-bond acceptors (Lipinski definition) is 2. The molecule has 0 unspecified atom stereocenters. The SMILES string of the molecule is CCNC(=NCC1(c2cccc(Cl)c2)CC1)NCCCCn1c(C)cccc1=O. The zero-order valence-electron chi connectivity index (χ0n) is 17.4. The van der Waals surface area contributed by atoms with Gasteiger partial charge in [0, 0.05) is 41.8 Å². The van der Waals surface area contributed by atoms with Gasteiger partial charge in [0.1, 0.15) is 0 Å². The Bertz CT molecular complexity index is 902. The summed E-state index contributed by atoms with van der Waals surface area (Å²) in [6.07, 6.45) is 4.23. The number of hydrogen-bond donors (Lipinski definition) is 2. The Morgan fingerprint density at radius 1 is 1.17 bits per heavy atom. The number of aliphatic imine (C=N–C) groups is 1. The number of unbranched alkanes of at least 4 members (excludes halogenated alkanes) is 1. The molecule has 1 aromatic heterocycles. The molecule has 2 N–H and O–H groups in total. The minimum Gasteiger partial charge on any atom is -0.357 e. The van der Waals surface area contributed by atoms with Crippen LogP contribution < -0.4 is 16.2 Å². The lowest BCUT2D eigenvalue weighted by atomic mass is 9.96. The van der Waals surface area contributed by atoms with E-state index in [1.54, 1.807) is 6.07 Å². The van der Waals surface area contributed by atoms with Crippen LogP contribution in [0.1, 0.15) is 43.9 Å². The Labute approximate surface area is 178 Å². The van der Waals surface area contributed by atoms with Crippen molar-refractivity contribution in [3.63, 3.8) is 0 Å². The minimum atomic E-state index is 0.0728. The normalized spacial score (nSPS) is 15.2. The van der Waals surface area contributed by atoms with E-state index in [1.165, 1.54) is 5.56 Å². The Kier molecular flexibility index (Phi) is 7.37. The van der Waals surface area contributed by atoms with Crippen LogP contribution in [0.2, 0.25) is 5.02 Å². The molecule has 3 rings (SSSR count). The molecule has 0 saturated heterocycles. The van der Waals surface area contributed by atoms with Crippen LogP contribution in [-0.2, 0) is 12.0 Å². The number of guanidine groups is 1. The number of nitrogens with zero attached hydrogens (tertiary/aromatic N) is 2. The van der Waals surface area contributed by atoms with Gasteiger partial charge < -0.3 is 15.2 Å². The van der Waals surface area contributed by atoms with E-state index in [0.29, 0.717) is 0 Å². The molecule has 29 heavy (non-hydrogen) atoms. The molecular weight excluding hydrogens is 384 g/mol. The maximum absolute atomic E-state index is 11.9. The zero-order valence-corrected chi connectivity index (χ0v) is 18.1. The predicted molar refractivity (Wildman–Crippen MR) is 121 cm³/mol. The number of rotatable bonds is 9. The summed E-state index contributed by atoms with van der Waals surface area (Å²) in [6.45, 7) is 7.22. The highest BCUT2D eigenvalue weighted by atomic mass is 35.5. The smallest absolute Gasteiger partial charge is 0.250 e. The van der Waals surface area contributed by atoms with Gasteiger partial charge in [0.2, 0.25) is 0 Å². The number of benzene rings is 1. The number of nitrogens with one attached hydrogen (secondary N) is 2. The molecule has 6 heteroatoms. The third-order valence-electron chi connectivity index (χ3n) is 5.54. The highest BCUT2D eigenvalue weighted by molar-refractivity contribution is 6.30. The third kappa shape index (κ3) is 5.86. The van der Waals surface area contributed by atoms with Crippen molar-refractivity contribution in [2.45, 2.75) is 51.5 Å². The minimum absolute atomic E-state index is 0.0728. The average Bonchev–Trinajstić information content (AvgIpc) is 3.49. The van der Waals surface area contributed by atoms with Crippen molar-refractivity contribution in [2.24, 2.45) is 4.99 Å². The molecule has 1 heterocycles. The van der Waals surface area contributed by atoms with Crippen LogP contribution in [0.25, 0.3) is 0 Å². The van der Waals surface area contributed by atoms with Crippen LogP contribution in [0.15, 0.2) is 52.3 Å². The second kappa shape index (κ2) is 9.97. The Morgan fingerprint density at radius 3 is 2.66 bits per heavy atom. The maximum Gasteiger partial charge on any atom is 0.250 e. The largest absolute Gasteiger partial charge is 0.357 e. The predicted octanol–water partition coefficient (Wildman–Crippen LogP) is 3.88. The van der Waals surface area contributed by atoms with Gasteiger partial charge in [-0.05, 0) is 63.3 Å². The Hall–Kier alpha value is -2.27. The lowest BCUT2D eigenvalue weighted by Gasteiger charge is -2.16. The summed E-state index contributed by atoms with van der Waals surface area (Å²) in [5, 5.41) is 7.54. The lowest BCUT2D eigenvalue weighted by Crippen LogP contribution is -2.38. The molecule has 1 saturated carbocycles. The van der Waals surface area contributed by atoms with E-state index in [4.69, 9.17) is 16.6 Å². The molecule has 1 aromatic carbocycles. The van der Waals surface area contributed by atoms with Gasteiger partial charge in [-0.3, -0.25) is 9.79 Å². The summed E-state index contributed by atoms with van der Waals surface area (Å²) in [5.41, 5.74) is 2.51. The quantitative estimate of drug-likeness (QED) is 0.372. The van der Waals surface area contributed by atoms with Crippen molar-refractivity contribution >= 4 is 17.6 Å². The summed E-state index contributed by atoms with van der Waals surface area (Å²) in [7, 11) is 0. The molecule has 0 radical (unpaired) electrons. The van der Waals surface area contributed by atoms with E-state index in [0.717, 1.165) is 68.5 Å². The topological polar surface area (TPSA) is 58.4 Å². The first-order chi connectivity index (χ1) is 14.0. The van der Waals surface area contributed by atoms with Crippen molar-refractivity contribution < 1.29 is 0 Å². The molecule has 5 nitrogen and oxygen atoms in total. The van der Waals surface area contributed by atoms with Crippen LogP contribution in [-0.4, -0.2) is 30.2 Å². The first-order valence-electron chi connectivity index (χ1n) is 10.5. The summed E-state index contributed by atoms with van der Waals surface area (Å²) in [4.78, 5) is 16.8. The standard InChI is InChI=1S/C23H31ClN4O/c1-3-25-22(26-14-4-5-15-28-18(2)8-6-11-21(28)29)27-17-23(12-13-23)19-9-7-10-20(24)16-19/h6-11,16H,3-5,12-15,17H2,1-2H3,(H2,25,26,27). The summed E-state index contributed by atoms with van der Waals surface area (Å²) in [5.74, 6) is 0.855. The van der Waals surface area contributed by atoms with Crippen molar-refractivity contribution in [2.75, 3.05) is 19.6 Å². The summed E-state index contributed by atoms with van der Waals surface area (Å²) in [6, 6.07) is 13.6. The fraction of sp³-hybridized carbons (Fsp3) is 0.478. The first-order valence-corrected chi connectivity index (χ1v) is 10.9. The monoisotopic (exact) mass is 414 g/mol. The van der Waals surface area contributed by atoms with Crippen LogP contribution in [0.5, 0.6) is 0 Å². The molecule has 1 aliphatic carbocycles. The molecule has 0 amide bonds. The fourth-order valence-corrected chi connectivity index (χ4v) is 3.78. The van der Waals surface area contributed by atoms with Gasteiger partial charge in [0.25, 0.3) is 5.56 Å². The second-order valence-electron chi connectivity index (χ2n) is 7.78. The van der Waals surface area contributed by atoms with E-state index < -0.39 is 0 Å².